The number of amides is 1. The van der Waals surface area contributed by atoms with Gasteiger partial charge in [0, 0.05) is 38.4 Å². The normalized spacial score (nSPS) is 27.5. The van der Waals surface area contributed by atoms with Crippen LogP contribution in [-0.2, 0) is 21.5 Å². The highest BCUT2D eigenvalue weighted by atomic mass is 32.2. The van der Waals surface area contributed by atoms with E-state index in [1.165, 1.54) is 11.4 Å². The molecular formula is C15H25N5O3S. The van der Waals surface area contributed by atoms with Crippen molar-refractivity contribution in [3.05, 3.63) is 17.5 Å². The topological polar surface area (TPSA) is 87.5 Å². The number of likely N-dealkylation sites (tertiary alicyclic amines) is 1. The first-order valence-corrected chi connectivity index (χ1v) is 9.85. The summed E-state index contributed by atoms with van der Waals surface area (Å²) in [7, 11) is -2.23. The molecule has 1 aromatic rings. The smallest absolute Gasteiger partial charge is 0.280 e. The lowest BCUT2D eigenvalue weighted by molar-refractivity contribution is -0.134. The molecule has 2 aliphatic rings. The van der Waals surface area contributed by atoms with E-state index < -0.39 is 22.3 Å². The molecule has 2 saturated heterocycles. The molecule has 0 aromatic carbocycles. The van der Waals surface area contributed by atoms with Crippen molar-refractivity contribution in [2.75, 3.05) is 20.1 Å². The van der Waals surface area contributed by atoms with Gasteiger partial charge in [-0.05, 0) is 33.1 Å². The van der Waals surface area contributed by atoms with Gasteiger partial charge in [0.25, 0.3) is 10.2 Å². The van der Waals surface area contributed by atoms with Crippen molar-refractivity contribution in [1.82, 2.24) is 23.7 Å². The molecule has 134 valence electrons. The van der Waals surface area contributed by atoms with Gasteiger partial charge in [0.05, 0.1) is 11.7 Å². The Hall–Kier alpha value is -1.45. The molecule has 0 bridgehead atoms. The molecule has 1 N–H and O–H groups in total. The Morgan fingerprint density at radius 3 is 2.62 bits per heavy atom. The van der Waals surface area contributed by atoms with Crippen LogP contribution in [0.3, 0.4) is 0 Å². The van der Waals surface area contributed by atoms with Crippen molar-refractivity contribution in [2.24, 2.45) is 0 Å². The fourth-order valence-corrected chi connectivity index (χ4v) is 4.74. The molecule has 0 unspecified atom stereocenters. The Balaban J connectivity index is 1.89. The number of hydrogen-bond acceptors (Lipinski definition) is 4. The van der Waals surface area contributed by atoms with Gasteiger partial charge in [0.1, 0.15) is 6.04 Å². The number of nitrogens with one attached hydrogen (secondary N) is 1. The highest BCUT2D eigenvalue weighted by Crippen LogP contribution is 2.30. The molecule has 8 nitrogen and oxygen atoms in total. The molecule has 2 fully saturated rings. The Bertz CT molecular complexity index is 723. The lowest BCUT2D eigenvalue weighted by Crippen LogP contribution is -2.57. The van der Waals surface area contributed by atoms with E-state index in [1.807, 2.05) is 20.0 Å². The van der Waals surface area contributed by atoms with Gasteiger partial charge in [-0.2, -0.15) is 22.5 Å². The second-order valence-corrected chi connectivity index (χ2v) is 8.26. The van der Waals surface area contributed by atoms with Crippen molar-refractivity contribution in [3.8, 4) is 0 Å². The SMILES string of the molecule is CCn1cc([C@H]2C[C@@H](C(=O)N3CCCC3)N(C)S(=O)(=O)N2)c(C)n1. The summed E-state index contributed by atoms with van der Waals surface area (Å²) in [5.41, 5.74) is 1.63. The van der Waals surface area contributed by atoms with Gasteiger partial charge in [-0.3, -0.25) is 9.48 Å². The van der Waals surface area contributed by atoms with E-state index >= 15 is 0 Å². The summed E-state index contributed by atoms with van der Waals surface area (Å²) in [6.45, 7) is 6.00. The van der Waals surface area contributed by atoms with E-state index in [1.54, 1.807) is 9.58 Å². The highest BCUT2D eigenvalue weighted by molar-refractivity contribution is 7.87. The third-order valence-corrected chi connectivity index (χ3v) is 6.55. The standard InChI is InChI=1S/C15H25N5O3S/c1-4-20-10-12(11(2)16-20)13-9-14(18(3)24(22,23)17-13)15(21)19-7-5-6-8-19/h10,13-14,17H,4-9H2,1-3H3/t13-,14+/m1/s1. The first-order chi connectivity index (χ1) is 11.3. The van der Waals surface area contributed by atoms with E-state index in [2.05, 4.69) is 9.82 Å². The van der Waals surface area contributed by atoms with Crippen LogP contribution < -0.4 is 4.72 Å². The molecule has 2 atom stereocenters. The average molecular weight is 355 g/mol. The number of carbonyl (C=O) groups is 1. The maximum Gasteiger partial charge on any atom is 0.280 e. The maximum absolute atomic E-state index is 12.8. The first kappa shape index (κ1) is 17.4. The second kappa shape index (κ2) is 6.45. The first-order valence-electron chi connectivity index (χ1n) is 8.41. The highest BCUT2D eigenvalue weighted by Gasteiger charge is 2.43. The molecule has 3 rings (SSSR count). The fraction of sp³-hybridized carbons (Fsp3) is 0.733. The molecule has 0 aliphatic carbocycles. The van der Waals surface area contributed by atoms with E-state index in [4.69, 9.17) is 0 Å². The number of nitrogens with zero attached hydrogens (tertiary/aromatic N) is 4. The molecular weight excluding hydrogens is 330 g/mol. The monoisotopic (exact) mass is 355 g/mol. The van der Waals surface area contributed by atoms with Crippen molar-refractivity contribution >= 4 is 16.1 Å². The van der Waals surface area contributed by atoms with Crippen LogP contribution >= 0.6 is 0 Å². The number of carbonyl (C=O) groups excluding carboxylic acids is 1. The Kier molecular flexibility index (Phi) is 4.67. The average Bonchev–Trinajstić information content (AvgIpc) is 3.18. The van der Waals surface area contributed by atoms with Gasteiger partial charge in [0.15, 0.2) is 0 Å². The van der Waals surface area contributed by atoms with Crippen LogP contribution in [0.2, 0.25) is 0 Å². The minimum absolute atomic E-state index is 0.0920. The van der Waals surface area contributed by atoms with Crippen LogP contribution in [0.25, 0.3) is 0 Å². The summed E-state index contributed by atoms with van der Waals surface area (Å²) in [4.78, 5) is 14.6. The molecule has 0 spiro atoms. The van der Waals surface area contributed by atoms with Crippen LogP contribution in [-0.4, -0.2) is 59.5 Å². The summed E-state index contributed by atoms with van der Waals surface area (Å²) in [5, 5.41) is 4.39. The van der Waals surface area contributed by atoms with Gasteiger partial charge >= 0.3 is 0 Å². The summed E-state index contributed by atoms with van der Waals surface area (Å²) >= 11 is 0. The minimum atomic E-state index is -3.70. The predicted molar refractivity (Wildman–Crippen MR) is 89.4 cm³/mol. The van der Waals surface area contributed by atoms with Crippen LogP contribution in [0.5, 0.6) is 0 Å². The van der Waals surface area contributed by atoms with Gasteiger partial charge < -0.3 is 4.90 Å². The van der Waals surface area contributed by atoms with Crippen molar-refractivity contribution in [3.63, 3.8) is 0 Å². The molecule has 1 amide bonds. The summed E-state index contributed by atoms with van der Waals surface area (Å²) in [5.74, 6) is -0.0920. The Morgan fingerprint density at radius 2 is 2.04 bits per heavy atom. The number of aryl methyl sites for hydroxylation is 2. The Morgan fingerprint density at radius 1 is 1.38 bits per heavy atom. The van der Waals surface area contributed by atoms with Crippen molar-refractivity contribution < 1.29 is 13.2 Å². The van der Waals surface area contributed by atoms with Crippen LogP contribution in [0.1, 0.15) is 43.5 Å². The molecule has 3 heterocycles. The maximum atomic E-state index is 12.8. The van der Waals surface area contributed by atoms with Crippen molar-refractivity contribution in [2.45, 2.75) is 51.7 Å². The lowest BCUT2D eigenvalue weighted by Gasteiger charge is -2.37. The van der Waals surface area contributed by atoms with Gasteiger partial charge in [-0.15, -0.1) is 0 Å². The van der Waals surface area contributed by atoms with Gasteiger partial charge in [-0.1, -0.05) is 0 Å². The van der Waals surface area contributed by atoms with Crippen LogP contribution in [0.4, 0.5) is 0 Å². The molecule has 9 heteroatoms. The quantitative estimate of drug-likeness (QED) is 0.851. The predicted octanol–water partition coefficient (Wildman–Crippen LogP) is 0.413. The summed E-state index contributed by atoms with van der Waals surface area (Å²) < 4.78 is 30.6. The molecule has 0 radical (unpaired) electrons. The van der Waals surface area contributed by atoms with Crippen LogP contribution in [0.15, 0.2) is 6.20 Å². The zero-order valence-corrected chi connectivity index (χ0v) is 15.2. The van der Waals surface area contributed by atoms with Gasteiger partial charge in [-0.25, -0.2) is 0 Å². The lowest BCUT2D eigenvalue weighted by atomic mass is 10.00. The number of aromatic nitrogens is 2. The number of rotatable bonds is 3. The Labute approximate surface area is 143 Å². The van der Waals surface area contributed by atoms with E-state index in [-0.39, 0.29) is 5.91 Å². The molecule has 24 heavy (non-hydrogen) atoms. The van der Waals surface area contributed by atoms with Crippen molar-refractivity contribution in [1.29, 1.82) is 0 Å². The molecule has 2 aliphatic heterocycles. The number of likely N-dealkylation sites (N-methyl/N-ethyl adjacent to an activating group) is 1. The van der Waals surface area contributed by atoms with E-state index in [0.29, 0.717) is 19.5 Å². The molecule has 1 aromatic heterocycles. The summed E-state index contributed by atoms with van der Waals surface area (Å²) in [6, 6.07) is -1.09. The largest absolute Gasteiger partial charge is 0.341 e. The molecule has 0 saturated carbocycles. The second-order valence-electron chi connectivity index (χ2n) is 6.50. The fourth-order valence-electron chi connectivity index (χ4n) is 3.48. The summed E-state index contributed by atoms with van der Waals surface area (Å²) in [6.07, 6.45) is 4.25. The third-order valence-electron chi connectivity index (χ3n) is 4.95. The van der Waals surface area contributed by atoms with Gasteiger partial charge in [0.2, 0.25) is 5.91 Å². The van der Waals surface area contributed by atoms with E-state index in [9.17, 15) is 13.2 Å². The van der Waals surface area contributed by atoms with E-state index in [0.717, 1.165) is 30.6 Å². The minimum Gasteiger partial charge on any atom is -0.341 e. The third kappa shape index (κ3) is 3.07. The zero-order valence-electron chi connectivity index (χ0n) is 14.4. The number of hydrogen-bond donors (Lipinski definition) is 1. The zero-order chi connectivity index (χ0) is 17.5. The van der Waals surface area contributed by atoms with Crippen LogP contribution in [0, 0.1) is 6.92 Å².